The predicted octanol–water partition coefficient (Wildman–Crippen LogP) is 4.71. The normalized spacial score (nSPS) is 18.1. The molecule has 5 rings (SSSR count). The van der Waals surface area contributed by atoms with Crippen LogP contribution in [0.15, 0.2) is 35.0 Å². The van der Waals surface area contributed by atoms with E-state index in [1.165, 1.54) is 0 Å². The number of piperazine rings is 1. The number of thioether (sulfide) groups is 1. The molecule has 1 saturated heterocycles. The van der Waals surface area contributed by atoms with Crippen molar-refractivity contribution in [3.05, 3.63) is 63.0 Å². The summed E-state index contributed by atoms with van der Waals surface area (Å²) in [5.74, 6) is 0.733. The van der Waals surface area contributed by atoms with E-state index in [0.717, 1.165) is 33.6 Å². The van der Waals surface area contributed by atoms with E-state index in [0.29, 0.717) is 32.0 Å². The Kier molecular flexibility index (Phi) is 7.85. The molecule has 10 heteroatoms. The minimum absolute atomic E-state index is 0.0167. The highest BCUT2D eigenvalue weighted by atomic mass is 32.2. The van der Waals surface area contributed by atoms with E-state index in [-0.39, 0.29) is 40.7 Å². The van der Waals surface area contributed by atoms with Crippen LogP contribution in [0.2, 0.25) is 0 Å². The van der Waals surface area contributed by atoms with Gasteiger partial charge < -0.3 is 9.80 Å². The Morgan fingerprint density at radius 1 is 1.05 bits per heavy atom. The third-order valence-electron chi connectivity index (χ3n) is 7.60. The summed E-state index contributed by atoms with van der Waals surface area (Å²) in [4.78, 5) is 44.5. The number of hydrogen-bond donors (Lipinski definition) is 0. The molecule has 2 aliphatic rings. The molecular formula is C30H37N5O3S2. The first-order valence-electron chi connectivity index (χ1n) is 13.6. The molecule has 0 saturated carbocycles. The lowest BCUT2D eigenvalue weighted by atomic mass is 9.87. The van der Waals surface area contributed by atoms with Crippen LogP contribution in [0.5, 0.6) is 0 Å². The molecule has 0 aliphatic carbocycles. The molecule has 0 radical (unpaired) electrons. The molecular weight excluding hydrogens is 542 g/mol. The van der Waals surface area contributed by atoms with Crippen LogP contribution < -0.4 is 4.90 Å². The first-order chi connectivity index (χ1) is 19.0. The Hall–Kier alpha value is -3.11. The number of hydrogen-bond acceptors (Lipinski definition) is 6. The minimum Gasteiger partial charge on any atom is -0.339 e. The van der Waals surface area contributed by atoms with Gasteiger partial charge in [-0.15, -0.1) is 11.8 Å². The van der Waals surface area contributed by atoms with Gasteiger partial charge in [0.1, 0.15) is 12.4 Å². The van der Waals surface area contributed by atoms with Crippen molar-refractivity contribution >= 4 is 46.6 Å². The summed E-state index contributed by atoms with van der Waals surface area (Å²) in [5, 5.41) is 9.32. The lowest BCUT2D eigenvalue weighted by Gasteiger charge is -2.35. The van der Waals surface area contributed by atoms with Crippen molar-refractivity contribution in [1.29, 1.82) is 0 Å². The van der Waals surface area contributed by atoms with Crippen molar-refractivity contribution in [1.82, 2.24) is 19.6 Å². The van der Waals surface area contributed by atoms with Gasteiger partial charge in [0, 0.05) is 44.1 Å². The van der Waals surface area contributed by atoms with Crippen molar-refractivity contribution < 1.29 is 14.4 Å². The maximum atomic E-state index is 13.9. The first-order valence-corrected chi connectivity index (χ1v) is 15.6. The van der Waals surface area contributed by atoms with E-state index in [1.807, 2.05) is 10.7 Å². The minimum atomic E-state index is -0.297. The number of aryl methyl sites for hydroxylation is 2. The summed E-state index contributed by atoms with van der Waals surface area (Å²) in [6, 6.07) is 8.34. The molecule has 40 heavy (non-hydrogen) atoms. The number of amides is 3. The Morgan fingerprint density at radius 3 is 2.35 bits per heavy atom. The molecule has 2 aliphatic heterocycles. The third kappa shape index (κ3) is 5.43. The van der Waals surface area contributed by atoms with Gasteiger partial charge >= 0.3 is 0 Å². The van der Waals surface area contributed by atoms with Gasteiger partial charge in [0.25, 0.3) is 0 Å². The van der Waals surface area contributed by atoms with Crippen LogP contribution in [0.1, 0.15) is 60.9 Å². The van der Waals surface area contributed by atoms with Crippen molar-refractivity contribution in [3.8, 4) is 5.69 Å². The molecule has 0 spiro atoms. The van der Waals surface area contributed by atoms with Crippen molar-refractivity contribution in [2.45, 2.75) is 52.2 Å². The van der Waals surface area contributed by atoms with Crippen LogP contribution in [-0.2, 0) is 19.8 Å². The van der Waals surface area contributed by atoms with Crippen LogP contribution >= 0.6 is 23.1 Å². The molecule has 1 atom stereocenters. The summed E-state index contributed by atoms with van der Waals surface area (Å²) < 4.78 is 1.90. The second-order valence-electron chi connectivity index (χ2n) is 11.7. The number of aromatic nitrogens is 2. The highest BCUT2D eigenvalue weighted by molar-refractivity contribution is 8.00. The standard InChI is InChI=1S/C30H37N5O3S2/c1-19-7-8-23(20(2)15-19)35-29-26(28(31-35)30(4,5)6)27(22-9-14-39-17-22)40-18-25(38)34(29)16-24(37)33-12-10-32(11-13-33)21(3)36/h7-9,14-15,17,27H,10-13,16,18H2,1-6H3/t27-/m0/s1. The van der Waals surface area contributed by atoms with Gasteiger partial charge in [-0.05, 0) is 47.9 Å². The van der Waals surface area contributed by atoms with Crippen molar-refractivity contribution in [2.24, 2.45) is 0 Å². The Labute approximate surface area is 244 Å². The zero-order valence-electron chi connectivity index (χ0n) is 24.1. The highest BCUT2D eigenvalue weighted by Crippen LogP contribution is 2.49. The number of thiophene rings is 1. The van der Waals surface area contributed by atoms with E-state index in [2.05, 4.69) is 63.6 Å². The Balaban J connectivity index is 1.65. The summed E-state index contributed by atoms with van der Waals surface area (Å²) in [5.41, 5.74) is 5.86. The topological polar surface area (TPSA) is 78.8 Å². The molecule has 212 valence electrons. The molecule has 3 amide bonds. The van der Waals surface area contributed by atoms with E-state index in [1.54, 1.807) is 44.7 Å². The zero-order chi connectivity index (χ0) is 28.8. The molecule has 3 aromatic rings. The predicted molar refractivity (Wildman–Crippen MR) is 162 cm³/mol. The second kappa shape index (κ2) is 11.0. The second-order valence-corrected chi connectivity index (χ2v) is 13.5. The lowest BCUT2D eigenvalue weighted by molar-refractivity contribution is -0.137. The van der Waals surface area contributed by atoms with Gasteiger partial charge in [0.05, 0.1) is 22.4 Å². The van der Waals surface area contributed by atoms with Gasteiger partial charge in [0.15, 0.2) is 0 Å². The molecule has 8 nitrogen and oxygen atoms in total. The molecule has 0 bridgehead atoms. The van der Waals surface area contributed by atoms with Crippen molar-refractivity contribution in [3.63, 3.8) is 0 Å². The van der Waals surface area contributed by atoms with E-state index >= 15 is 0 Å². The monoisotopic (exact) mass is 579 g/mol. The molecule has 2 aromatic heterocycles. The van der Waals surface area contributed by atoms with Crippen LogP contribution in [0.3, 0.4) is 0 Å². The van der Waals surface area contributed by atoms with Gasteiger partial charge in [0.2, 0.25) is 17.7 Å². The summed E-state index contributed by atoms with van der Waals surface area (Å²) in [7, 11) is 0. The average Bonchev–Trinajstić information content (AvgIpc) is 3.54. The van der Waals surface area contributed by atoms with Crippen LogP contribution in [0, 0.1) is 13.8 Å². The molecule has 4 heterocycles. The van der Waals surface area contributed by atoms with Gasteiger partial charge in [-0.3, -0.25) is 19.3 Å². The third-order valence-corrected chi connectivity index (χ3v) is 9.55. The largest absolute Gasteiger partial charge is 0.339 e. The van der Waals surface area contributed by atoms with E-state index < -0.39 is 0 Å². The number of carbonyl (C=O) groups is 3. The molecule has 1 fully saturated rings. The van der Waals surface area contributed by atoms with Crippen LogP contribution in [0.25, 0.3) is 5.69 Å². The average molecular weight is 580 g/mol. The van der Waals surface area contributed by atoms with E-state index in [4.69, 9.17) is 5.10 Å². The fourth-order valence-corrected chi connectivity index (χ4v) is 7.44. The molecule has 0 unspecified atom stereocenters. The zero-order valence-corrected chi connectivity index (χ0v) is 25.7. The SMILES string of the molecule is CC(=O)N1CCN(C(=O)CN2C(=O)CS[C@@H](c3ccsc3)c3c(C(C)(C)C)nn(-c4ccc(C)cc4C)c32)CC1. The van der Waals surface area contributed by atoms with Gasteiger partial charge in [-0.25, -0.2) is 4.68 Å². The number of nitrogens with zero attached hydrogens (tertiary/aromatic N) is 5. The maximum Gasteiger partial charge on any atom is 0.242 e. The summed E-state index contributed by atoms with van der Waals surface area (Å²) >= 11 is 3.24. The van der Waals surface area contributed by atoms with Crippen molar-refractivity contribution in [2.75, 3.05) is 43.4 Å². The first kappa shape index (κ1) is 28.4. The number of rotatable bonds is 4. The maximum absolute atomic E-state index is 13.9. The van der Waals surface area contributed by atoms with Crippen LogP contribution in [-0.4, -0.2) is 75.8 Å². The summed E-state index contributed by atoms with van der Waals surface area (Å²) in [6.45, 7) is 14.0. The Bertz CT molecular complexity index is 1430. The lowest BCUT2D eigenvalue weighted by Crippen LogP contribution is -2.53. The smallest absolute Gasteiger partial charge is 0.242 e. The molecule has 0 N–H and O–H groups in total. The summed E-state index contributed by atoms with van der Waals surface area (Å²) in [6.07, 6.45) is 0. The number of fused-ring (bicyclic) bond motifs is 1. The quantitative estimate of drug-likeness (QED) is 0.448. The van der Waals surface area contributed by atoms with Gasteiger partial charge in [-0.2, -0.15) is 16.4 Å². The Morgan fingerprint density at radius 2 is 1.75 bits per heavy atom. The number of benzene rings is 1. The fourth-order valence-electron chi connectivity index (χ4n) is 5.48. The van der Waals surface area contributed by atoms with Crippen LogP contribution in [0.4, 0.5) is 5.82 Å². The number of carbonyl (C=O) groups excluding carboxylic acids is 3. The number of anilines is 1. The van der Waals surface area contributed by atoms with E-state index in [9.17, 15) is 14.4 Å². The fraction of sp³-hybridized carbons (Fsp3) is 0.467. The van der Waals surface area contributed by atoms with Gasteiger partial charge in [-0.1, -0.05) is 38.5 Å². The highest BCUT2D eigenvalue weighted by Gasteiger charge is 2.40. The molecule has 1 aromatic carbocycles.